The summed E-state index contributed by atoms with van der Waals surface area (Å²) in [6.45, 7) is 11.9. The SMILES string of the molecule is CC(=O)/C=C/c1cccc(O)c1C[C@@H](O)CCCCc1ccccc1.CC(=O)/C=C/c1cccc2c1C[C@@H](CCCCc1ccccc1)O2.CC1(C)C2CCC13CS(=O)(=O)N(C(=O)/C=C/c1cccc4c1C[C@@H](CCCCc1ccccc1)O4)C3C2.CC1(C)C2CCC13CS(=O)(=O)N(C(=O)[C@@H]1CC1c1cccc4c1C[C@@H](CCCCc1ccccc1)O4)C3C2.O=C(O)/C=C/c1cccc2c1C[C@@H](CCCCc1ccccc1)O2. The third kappa shape index (κ3) is 25.4. The zero-order valence-electron chi connectivity index (χ0n) is 87.0. The van der Waals surface area contributed by atoms with Gasteiger partial charge in [0, 0.05) is 88.8 Å². The fourth-order valence-electron chi connectivity index (χ4n) is 25.9. The number of amides is 2. The molecule has 7 unspecified atom stereocenters. The molecule has 2 amide bonds. The van der Waals surface area contributed by atoms with Crippen LogP contribution in [0.25, 0.3) is 24.3 Å². The molecular weight excluding hydrogens is 1890 g/mol. The van der Waals surface area contributed by atoms with Gasteiger partial charge in [-0.05, 0) is 320 Å². The Hall–Kier alpha value is -12.2. The van der Waals surface area contributed by atoms with Gasteiger partial charge in [-0.2, -0.15) is 0 Å². The number of allylic oxidation sites excluding steroid dienone is 2. The van der Waals surface area contributed by atoms with Gasteiger partial charge >= 0.3 is 5.97 Å². The first-order valence-corrected chi connectivity index (χ1v) is 57.6. The number of benzene rings is 10. The predicted octanol–water partition coefficient (Wildman–Crippen LogP) is 25.5. The Morgan fingerprint density at radius 3 is 1.12 bits per heavy atom. The normalized spacial score (nSPS) is 23.9. The van der Waals surface area contributed by atoms with Crippen molar-refractivity contribution in [1.82, 2.24) is 8.61 Å². The van der Waals surface area contributed by atoms with E-state index in [0.29, 0.717) is 30.2 Å². The maximum atomic E-state index is 13.8. The standard InChI is InChI=1S/C32H39NO4S.C31H37NO4S.C22H26O3.C22H24O2.C21H22O3/c1-31(2)22-15-16-32(31)20-38(35,36)33(29(32)17-22)30(34)27-19-25(27)24-13-8-14-28-26(24)18-23(37-28)12-7-6-11-21-9-4-3-5-10-21;1-30(2)24-17-18-31(30)21-37(34,35)32(28(31)19-24)29(33)16-15-23-12-8-14-27-26(23)20-25(36-27)13-7-6-11-22-9-4-3-5-10-22;1-17(23)14-15-19-11-7-13-22(25)21(19)16-20(24)12-6-5-10-18-8-3-2-4-9-18;1-17(23)14-15-19-11-7-13-22-21(19)16-20(24-22)12-6-5-10-18-8-3-2-4-9-18;22-21(23)14-13-17-10-6-12-20-19(17)15-18(24-20)11-5-4-9-16-7-2-1-3-8-16/h3-5,8-10,13-14,22-23,25,27,29H,6-7,11-12,15-20H2,1-2H3;3-5,8-10,12,14-16,24-25,28H,6-7,11,13,17-21H2,1-2H3;2-4,7-9,11,13-15,20,24-25H,5-6,10,12,16H2,1H3;2-4,7-9,11,13-15,20H,5-6,10,12,16H2,1H3;1-3,6-8,10,12-14,18H,4-5,9,11,15H2,(H,22,23)/b;16-15+;2*15-14+;14-13+/t22?,23-,25?,27-,29?,32?;24?,25-,28?,31?;2*20-;18-/m11011/s1. The average Bonchev–Trinajstić information content (AvgIpc) is 1.49. The maximum absolute atomic E-state index is 13.8. The van der Waals surface area contributed by atoms with Crippen LogP contribution in [0, 0.1) is 39.4 Å². The summed E-state index contributed by atoms with van der Waals surface area (Å²) in [6.07, 6.45) is 44.8. The molecule has 6 heterocycles. The lowest BCUT2D eigenvalue weighted by Crippen LogP contribution is -2.44. The van der Waals surface area contributed by atoms with E-state index in [4.69, 9.17) is 24.1 Å². The van der Waals surface area contributed by atoms with E-state index < -0.39 is 38.0 Å². The Labute approximate surface area is 877 Å². The van der Waals surface area contributed by atoms with Crippen molar-refractivity contribution in [2.75, 3.05) is 11.5 Å². The summed E-state index contributed by atoms with van der Waals surface area (Å²) < 4.78 is 80.5. The van der Waals surface area contributed by atoms with Gasteiger partial charge in [-0.25, -0.2) is 30.2 Å². The summed E-state index contributed by atoms with van der Waals surface area (Å²) in [5, 5.41) is 29.2. The molecule has 3 N–H and O–H groups in total. The number of ether oxygens (including phenoxy) is 4. The molecule has 778 valence electrons. The van der Waals surface area contributed by atoms with Crippen LogP contribution in [0.15, 0.2) is 267 Å². The van der Waals surface area contributed by atoms with Gasteiger partial charge in [-0.1, -0.05) is 259 Å². The number of rotatable bonds is 37. The number of phenols is 1. The lowest BCUT2D eigenvalue weighted by atomic mass is 9.69. The summed E-state index contributed by atoms with van der Waals surface area (Å²) in [5.74, 6) is 3.58. The number of aromatic hydroxyl groups is 1. The Morgan fingerprint density at radius 2 is 0.730 bits per heavy atom. The largest absolute Gasteiger partial charge is 0.508 e. The number of phenolic OH excluding ortho intramolecular Hbond substituents is 1. The Morgan fingerprint density at radius 1 is 0.392 bits per heavy atom. The molecule has 10 aromatic rings. The van der Waals surface area contributed by atoms with Crippen LogP contribution >= 0.6 is 0 Å². The number of carbonyl (C=O) groups is 5. The number of aryl methyl sites for hydroxylation is 5. The van der Waals surface area contributed by atoms with E-state index in [-0.39, 0.29) is 105 Å². The molecule has 11 aliphatic rings. The minimum absolute atomic E-state index is 0.0174. The summed E-state index contributed by atoms with van der Waals surface area (Å²) >= 11 is 0. The van der Waals surface area contributed by atoms with Gasteiger partial charge in [0.1, 0.15) is 53.2 Å². The van der Waals surface area contributed by atoms with Crippen molar-refractivity contribution in [3.63, 3.8) is 0 Å². The number of aliphatic hydroxyl groups is 1. The lowest BCUT2D eigenvalue weighted by Gasteiger charge is -2.37. The number of aliphatic hydroxyl groups excluding tert-OH is 1. The average molecular weight is 2030 g/mol. The summed E-state index contributed by atoms with van der Waals surface area (Å²) in [6, 6.07) is 81.6. The molecule has 0 radical (unpaired) electrons. The van der Waals surface area contributed by atoms with Crippen molar-refractivity contribution >= 4 is 73.7 Å². The van der Waals surface area contributed by atoms with E-state index in [1.165, 1.54) is 91.1 Å². The molecule has 4 bridgehead atoms. The van der Waals surface area contributed by atoms with Crippen molar-refractivity contribution in [3.05, 3.63) is 350 Å². The van der Waals surface area contributed by atoms with Gasteiger partial charge in [0.25, 0.3) is 5.91 Å². The van der Waals surface area contributed by atoms with Crippen molar-refractivity contribution in [1.29, 1.82) is 0 Å². The second kappa shape index (κ2) is 48.2. The predicted molar refractivity (Wildman–Crippen MR) is 588 cm³/mol. The second-order valence-electron chi connectivity index (χ2n) is 44.3. The number of unbranched alkanes of at least 4 members (excludes halogenated alkanes) is 5. The highest BCUT2D eigenvalue weighted by molar-refractivity contribution is 7.90. The van der Waals surface area contributed by atoms with E-state index in [1.54, 1.807) is 43.4 Å². The Kier molecular flexibility index (Phi) is 34.8. The Balaban J connectivity index is 0.000000128. The topological polar surface area (TPSA) is 258 Å². The van der Waals surface area contributed by atoms with E-state index >= 15 is 0 Å². The van der Waals surface area contributed by atoms with Crippen LogP contribution in [-0.2, 0) is 108 Å². The fourth-order valence-corrected chi connectivity index (χ4v) is 31.0. The number of aliphatic carboxylic acids is 1. The molecule has 20 heteroatoms. The van der Waals surface area contributed by atoms with E-state index in [0.717, 1.165) is 236 Å². The number of carboxylic acid groups (broad SMARTS) is 1. The smallest absolute Gasteiger partial charge is 0.328 e. The van der Waals surface area contributed by atoms with Crippen LogP contribution in [-0.4, -0.2) is 124 Å². The number of nitrogens with zero attached hydrogens (tertiary/aromatic N) is 2. The molecule has 2 saturated heterocycles. The van der Waals surface area contributed by atoms with Crippen molar-refractivity contribution < 1.29 is 75.1 Å². The van der Waals surface area contributed by atoms with Crippen LogP contribution < -0.4 is 18.9 Å². The summed E-state index contributed by atoms with van der Waals surface area (Å²) in [5.41, 5.74) is 16.6. The van der Waals surface area contributed by atoms with E-state index in [2.05, 4.69) is 161 Å². The molecule has 5 saturated carbocycles. The molecule has 7 fully saturated rings. The highest BCUT2D eigenvalue weighted by Gasteiger charge is 2.74. The molecule has 2 spiro atoms. The molecule has 18 nitrogen and oxygen atoms in total. The van der Waals surface area contributed by atoms with Crippen molar-refractivity contribution in [3.8, 4) is 28.7 Å². The van der Waals surface area contributed by atoms with Gasteiger partial charge in [0.15, 0.2) is 11.6 Å². The number of hydrogen-bond acceptors (Lipinski definition) is 15. The van der Waals surface area contributed by atoms with Crippen LogP contribution in [0.1, 0.15) is 272 Å². The maximum Gasteiger partial charge on any atom is 0.328 e. The van der Waals surface area contributed by atoms with Crippen LogP contribution in [0.4, 0.5) is 0 Å². The third-order valence-corrected chi connectivity index (χ3v) is 38.0. The molecule has 148 heavy (non-hydrogen) atoms. The number of carboxylic acids is 1. The van der Waals surface area contributed by atoms with E-state index in [9.17, 15) is 51.0 Å². The van der Waals surface area contributed by atoms with Crippen molar-refractivity contribution in [2.45, 2.75) is 296 Å². The number of hydrogen-bond donors (Lipinski definition) is 3. The highest BCUT2D eigenvalue weighted by Crippen LogP contribution is 2.72. The number of sulfonamides is 2. The second-order valence-corrected chi connectivity index (χ2v) is 48.0. The monoisotopic (exact) mass is 2030 g/mol. The van der Waals surface area contributed by atoms with Gasteiger partial charge in [-0.3, -0.25) is 19.2 Å². The number of fused-ring (bicyclic) bond motifs is 6. The first-order chi connectivity index (χ1) is 71.4. The van der Waals surface area contributed by atoms with Crippen LogP contribution in [0.5, 0.6) is 28.7 Å². The first-order valence-electron chi connectivity index (χ1n) is 54.3. The lowest BCUT2D eigenvalue weighted by molar-refractivity contribution is -0.132. The molecular formula is C128H148N2O16S2. The quantitative estimate of drug-likeness (QED) is 0.0241. The number of carbonyl (C=O) groups excluding carboxylic acids is 4. The van der Waals surface area contributed by atoms with Gasteiger partial charge in [-0.15, -0.1) is 0 Å². The van der Waals surface area contributed by atoms with Gasteiger partial charge in [0.2, 0.25) is 26.0 Å². The molecule has 0 aromatic heterocycles. The molecule has 6 aliphatic heterocycles. The van der Waals surface area contributed by atoms with Crippen LogP contribution in [0.2, 0.25) is 0 Å². The van der Waals surface area contributed by atoms with Gasteiger partial charge in [0.05, 0.1) is 29.7 Å². The minimum Gasteiger partial charge on any atom is -0.508 e. The molecule has 13 atom stereocenters. The minimum atomic E-state index is -3.61. The third-order valence-electron chi connectivity index (χ3n) is 34.2. The van der Waals surface area contributed by atoms with Crippen LogP contribution in [0.3, 0.4) is 0 Å². The first kappa shape index (κ1) is 107. The Bertz CT molecular complexity index is 6530. The zero-order chi connectivity index (χ0) is 104. The summed E-state index contributed by atoms with van der Waals surface area (Å²) in [7, 11) is -7.18. The van der Waals surface area contributed by atoms with E-state index in [1.807, 2.05) is 103 Å². The molecule has 10 aromatic carbocycles. The molecule has 5 aliphatic carbocycles. The zero-order valence-corrected chi connectivity index (χ0v) is 88.6. The fraction of sp³-hybridized carbons (Fsp3) is 0.430. The molecule has 21 rings (SSSR count). The van der Waals surface area contributed by atoms with Gasteiger partial charge < -0.3 is 34.3 Å². The number of ketones is 2. The summed E-state index contributed by atoms with van der Waals surface area (Å²) in [4.78, 5) is 60.1. The highest BCUT2D eigenvalue weighted by atomic mass is 32.2. The van der Waals surface area contributed by atoms with Crippen molar-refractivity contribution in [2.24, 2.45) is 39.4 Å².